The molecule has 2 aromatic heterocycles. The van der Waals surface area contributed by atoms with E-state index in [0.717, 1.165) is 11.6 Å². The molecule has 4 aromatic rings. The van der Waals surface area contributed by atoms with Gasteiger partial charge in [-0.05, 0) is 48.0 Å². The number of hydrogen-bond donors (Lipinski definition) is 1. The van der Waals surface area contributed by atoms with E-state index in [0.29, 0.717) is 22.8 Å². The maximum atomic E-state index is 13.1. The second-order valence-corrected chi connectivity index (χ2v) is 5.93. The Kier molecular flexibility index (Phi) is 4.27. The zero-order valence-corrected chi connectivity index (χ0v) is 14.0. The van der Waals surface area contributed by atoms with Crippen LogP contribution in [0.4, 0.5) is 18.9 Å². The standard InChI is InChI=1S/C20H14F3N3O/c21-20(22,23)16-5-2-1-4-14(16)12-25-15-9-7-13(8-10-15)19-26-18-17(27-19)6-3-11-24-18/h1-11,25H,12H2. The number of anilines is 1. The minimum Gasteiger partial charge on any atom is -0.434 e. The molecule has 2 heterocycles. The van der Waals surface area contributed by atoms with Crippen molar-refractivity contribution in [2.75, 3.05) is 5.32 Å². The Morgan fingerprint density at radius 2 is 1.70 bits per heavy atom. The number of rotatable bonds is 4. The van der Waals surface area contributed by atoms with Gasteiger partial charge in [-0.15, -0.1) is 0 Å². The van der Waals surface area contributed by atoms with Gasteiger partial charge >= 0.3 is 6.18 Å². The summed E-state index contributed by atoms with van der Waals surface area (Å²) < 4.78 is 44.8. The second-order valence-electron chi connectivity index (χ2n) is 5.93. The second kappa shape index (κ2) is 6.75. The lowest BCUT2D eigenvalue weighted by Crippen LogP contribution is -2.11. The lowest BCUT2D eigenvalue weighted by molar-refractivity contribution is -0.138. The van der Waals surface area contributed by atoms with Crippen LogP contribution in [0, 0.1) is 0 Å². The molecular weight excluding hydrogens is 355 g/mol. The van der Waals surface area contributed by atoms with Crippen LogP contribution < -0.4 is 5.32 Å². The van der Waals surface area contributed by atoms with Crippen LogP contribution in [-0.4, -0.2) is 9.97 Å². The van der Waals surface area contributed by atoms with Crippen molar-refractivity contribution in [3.05, 3.63) is 78.0 Å². The Morgan fingerprint density at radius 3 is 2.44 bits per heavy atom. The highest BCUT2D eigenvalue weighted by molar-refractivity contribution is 5.72. The zero-order chi connectivity index (χ0) is 18.9. The summed E-state index contributed by atoms with van der Waals surface area (Å²) in [5.41, 5.74) is 2.14. The molecular formula is C20H14F3N3O. The van der Waals surface area contributed by atoms with E-state index in [1.807, 2.05) is 0 Å². The maximum absolute atomic E-state index is 13.1. The molecule has 2 aromatic carbocycles. The molecule has 4 rings (SSSR count). The van der Waals surface area contributed by atoms with E-state index >= 15 is 0 Å². The van der Waals surface area contributed by atoms with Crippen molar-refractivity contribution in [2.24, 2.45) is 0 Å². The molecule has 27 heavy (non-hydrogen) atoms. The minimum absolute atomic E-state index is 0.0713. The van der Waals surface area contributed by atoms with E-state index in [4.69, 9.17) is 4.42 Å². The maximum Gasteiger partial charge on any atom is 0.416 e. The molecule has 0 unspecified atom stereocenters. The Labute approximate surface area is 152 Å². The highest BCUT2D eigenvalue weighted by atomic mass is 19.4. The molecule has 4 nitrogen and oxygen atoms in total. The van der Waals surface area contributed by atoms with Crippen LogP contribution in [0.3, 0.4) is 0 Å². The molecule has 0 bridgehead atoms. The third-order valence-corrected chi connectivity index (χ3v) is 4.10. The molecule has 0 spiro atoms. The topological polar surface area (TPSA) is 51.0 Å². The summed E-state index contributed by atoms with van der Waals surface area (Å²) in [5, 5.41) is 3.02. The van der Waals surface area contributed by atoms with E-state index in [1.54, 1.807) is 48.7 Å². The Hall–Kier alpha value is -3.35. The van der Waals surface area contributed by atoms with Gasteiger partial charge in [0.15, 0.2) is 11.2 Å². The van der Waals surface area contributed by atoms with Crippen LogP contribution in [0.25, 0.3) is 22.7 Å². The Balaban J connectivity index is 1.50. The van der Waals surface area contributed by atoms with E-state index in [9.17, 15) is 13.2 Å². The van der Waals surface area contributed by atoms with Gasteiger partial charge < -0.3 is 9.73 Å². The molecule has 0 amide bonds. The zero-order valence-electron chi connectivity index (χ0n) is 14.0. The number of fused-ring (bicyclic) bond motifs is 1. The fourth-order valence-electron chi connectivity index (χ4n) is 2.77. The van der Waals surface area contributed by atoms with Gasteiger partial charge in [0.1, 0.15) is 0 Å². The van der Waals surface area contributed by atoms with Gasteiger partial charge in [-0.25, -0.2) is 4.98 Å². The highest BCUT2D eigenvalue weighted by Gasteiger charge is 2.32. The van der Waals surface area contributed by atoms with Gasteiger partial charge in [0, 0.05) is 24.0 Å². The van der Waals surface area contributed by atoms with E-state index < -0.39 is 11.7 Å². The number of aromatic nitrogens is 2. The third-order valence-electron chi connectivity index (χ3n) is 4.10. The lowest BCUT2D eigenvalue weighted by Gasteiger charge is -2.14. The van der Waals surface area contributed by atoms with Gasteiger partial charge in [0.2, 0.25) is 5.89 Å². The van der Waals surface area contributed by atoms with Gasteiger partial charge in [-0.1, -0.05) is 18.2 Å². The van der Waals surface area contributed by atoms with Crippen LogP contribution in [0.1, 0.15) is 11.1 Å². The van der Waals surface area contributed by atoms with Gasteiger partial charge in [0.25, 0.3) is 0 Å². The third kappa shape index (κ3) is 3.62. The van der Waals surface area contributed by atoms with Crippen LogP contribution in [-0.2, 0) is 12.7 Å². The smallest absolute Gasteiger partial charge is 0.416 e. The fraction of sp³-hybridized carbons (Fsp3) is 0.100. The number of nitrogens with one attached hydrogen (secondary N) is 1. The summed E-state index contributed by atoms with van der Waals surface area (Å²) in [5.74, 6) is 0.442. The average Bonchev–Trinajstić information content (AvgIpc) is 3.10. The number of benzene rings is 2. The number of pyridine rings is 1. The SMILES string of the molecule is FC(F)(F)c1ccccc1CNc1ccc(-c2nc3ncccc3o2)cc1. The molecule has 1 N–H and O–H groups in total. The van der Waals surface area contributed by atoms with Crippen molar-refractivity contribution >= 4 is 16.9 Å². The molecule has 0 fully saturated rings. The first-order valence-corrected chi connectivity index (χ1v) is 8.22. The van der Waals surface area contributed by atoms with Gasteiger partial charge in [0.05, 0.1) is 5.56 Å². The normalized spacial score (nSPS) is 11.7. The molecule has 0 aliphatic heterocycles. The number of hydrogen-bond acceptors (Lipinski definition) is 4. The molecule has 0 aliphatic carbocycles. The first-order chi connectivity index (χ1) is 13.0. The van der Waals surface area contributed by atoms with Gasteiger partial charge in [-0.3, -0.25) is 0 Å². The first-order valence-electron chi connectivity index (χ1n) is 8.22. The number of alkyl halides is 3. The summed E-state index contributed by atoms with van der Waals surface area (Å²) in [7, 11) is 0. The predicted molar refractivity (Wildman–Crippen MR) is 96.0 cm³/mol. The molecule has 0 radical (unpaired) electrons. The summed E-state index contributed by atoms with van der Waals surface area (Å²) in [6.45, 7) is 0.0713. The Morgan fingerprint density at radius 1 is 0.926 bits per heavy atom. The summed E-state index contributed by atoms with van der Waals surface area (Å²) in [6.07, 6.45) is -2.73. The number of halogens is 3. The summed E-state index contributed by atoms with van der Waals surface area (Å²) in [4.78, 5) is 8.45. The van der Waals surface area contributed by atoms with Crippen LogP contribution >= 0.6 is 0 Å². The largest absolute Gasteiger partial charge is 0.434 e. The van der Waals surface area contributed by atoms with Crippen molar-refractivity contribution in [3.63, 3.8) is 0 Å². The monoisotopic (exact) mass is 369 g/mol. The van der Waals surface area contributed by atoms with Crippen molar-refractivity contribution in [1.82, 2.24) is 9.97 Å². The first kappa shape index (κ1) is 17.1. The van der Waals surface area contributed by atoms with Crippen LogP contribution in [0.5, 0.6) is 0 Å². The molecule has 0 atom stereocenters. The predicted octanol–water partition coefficient (Wildman–Crippen LogP) is 5.52. The van der Waals surface area contributed by atoms with Crippen LogP contribution in [0.15, 0.2) is 71.3 Å². The quantitative estimate of drug-likeness (QED) is 0.515. The van der Waals surface area contributed by atoms with Crippen molar-refractivity contribution in [2.45, 2.75) is 12.7 Å². The number of oxazole rings is 1. The van der Waals surface area contributed by atoms with E-state index in [-0.39, 0.29) is 12.1 Å². The summed E-state index contributed by atoms with van der Waals surface area (Å²) >= 11 is 0. The summed E-state index contributed by atoms with van der Waals surface area (Å²) in [6, 6.07) is 16.2. The molecule has 0 saturated heterocycles. The molecule has 0 aliphatic rings. The van der Waals surface area contributed by atoms with Gasteiger partial charge in [-0.2, -0.15) is 18.2 Å². The van der Waals surface area contributed by atoms with Crippen molar-refractivity contribution in [1.29, 1.82) is 0 Å². The lowest BCUT2D eigenvalue weighted by atomic mass is 10.1. The van der Waals surface area contributed by atoms with E-state index in [2.05, 4.69) is 15.3 Å². The molecule has 0 saturated carbocycles. The highest BCUT2D eigenvalue weighted by Crippen LogP contribution is 2.32. The van der Waals surface area contributed by atoms with E-state index in [1.165, 1.54) is 12.1 Å². The average molecular weight is 369 g/mol. The molecule has 7 heteroatoms. The molecule has 136 valence electrons. The Bertz CT molecular complexity index is 1040. The van der Waals surface area contributed by atoms with Crippen molar-refractivity contribution in [3.8, 4) is 11.5 Å². The number of nitrogens with zero attached hydrogens (tertiary/aromatic N) is 2. The van der Waals surface area contributed by atoms with Crippen LogP contribution in [0.2, 0.25) is 0 Å². The fourth-order valence-corrected chi connectivity index (χ4v) is 2.77. The van der Waals surface area contributed by atoms with Crippen molar-refractivity contribution < 1.29 is 17.6 Å². The minimum atomic E-state index is -4.37.